The van der Waals surface area contributed by atoms with Crippen molar-refractivity contribution < 1.29 is 4.79 Å². The van der Waals surface area contributed by atoms with Crippen LogP contribution in [0.25, 0.3) is 0 Å². The van der Waals surface area contributed by atoms with Gasteiger partial charge in [0.2, 0.25) is 5.91 Å². The van der Waals surface area contributed by atoms with Crippen molar-refractivity contribution in [2.75, 3.05) is 0 Å². The first-order valence-corrected chi connectivity index (χ1v) is 10.9. The Balaban J connectivity index is 1.28. The second kappa shape index (κ2) is 9.15. The molecule has 0 saturated carbocycles. The van der Waals surface area contributed by atoms with Gasteiger partial charge in [0.25, 0.3) is 0 Å². The first-order valence-electron chi connectivity index (χ1n) is 10.0. The molecule has 28 heavy (non-hydrogen) atoms. The second-order valence-corrected chi connectivity index (χ2v) is 8.40. The molecule has 1 aliphatic heterocycles. The van der Waals surface area contributed by atoms with Crippen LogP contribution >= 0.6 is 11.3 Å². The van der Waals surface area contributed by atoms with Crippen LogP contribution in [0, 0.1) is 0 Å². The molecular formula is C22H26N4OS. The normalized spacial score (nSPS) is 16.4. The summed E-state index contributed by atoms with van der Waals surface area (Å²) in [4.78, 5) is 13.7. The quantitative estimate of drug-likeness (QED) is 0.663. The van der Waals surface area contributed by atoms with E-state index in [9.17, 15) is 4.79 Å². The molecule has 0 radical (unpaired) electrons. The fourth-order valence-electron chi connectivity index (χ4n) is 3.78. The van der Waals surface area contributed by atoms with E-state index >= 15 is 0 Å². The third kappa shape index (κ3) is 4.87. The van der Waals surface area contributed by atoms with E-state index in [-0.39, 0.29) is 11.9 Å². The van der Waals surface area contributed by atoms with Gasteiger partial charge < -0.3 is 9.88 Å². The third-order valence-electron chi connectivity index (χ3n) is 5.30. The van der Waals surface area contributed by atoms with Crippen molar-refractivity contribution in [2.24, 2.45) is 0 Å². The smallest absolute Gasteiger partial charge is 0.220 e. The van der Waals surface area contributed by atoms with Crippen molar-refractivity contribution in [1.29, 1.82) is 0 Å². The summed E-state index contributed by atoms with van der Waals surface area (Å²) in [6.07, 6.45) is 6.02. The van der Waals surface area contributed by atoms with E-state index < -0.39 is 0 Å². The lowest BCUT2D eigenvalue weighted by atomic mass is 10.1. The van der Waals surface area contributed by atoms with Crippen LogP contribution in [0.1, 0.15) is 47.8 Å². The Bertz CT molecular complexity index is 889. The summed E-state index contributed by atoms with van der Waals surface area (Å²) in [5.41, 5.74) is 1.25. The van der Waals surface area contributed by atoms with Crippen LogP contribution in [-0.2, 0) is 30.6 Å². The van der Waals surface area contributed by atoms with Gasteiger partial charge in [0.1, 0.15) is 11.6 Å². The SMILES string of the molecule is O=C(CCCc1cccs1)NC1CCc2nnc(Cc3ccccc3)n2CC1. The van der Waals surface area contributed by atoms with E-state index in [0.29, 0.717) is 6.42 Å². The Morgan fingerprint density at radius 2 is 2.04 bits per heavy atom. The van der Waals surface area contributed by atoms with Crippen molar-refractivity contribution in [1.82, 2.24) is 20.1 Å². The number of aromatic nitrogens is 3. The molecule has 1 unspecified atom stereocenters. The molecule has 1 aliphatic rings. The van der Waals surface area contributed by atoms with Gasteiger partial charge in [-0.2, -0.15) is 0 Å². The number of rotatable bonds is 7. The molecule has 1 amide bonds. The van der Waals surface area contributed by atoms with Gasteiger partial charge in [-0.1, -0.05) is 36.4 Å². The number of hydrogen-bond acceptors (Lipinski definition) is 4. The monoisotopic (exact) mass is 394 g/mol. The summed E-state index contributed by atoms with van der Waals surface area (Å²) in [5, 5.41) is 14.1. The largest absolute Gasteiger partial charge is 0.353 e. The molecule has 0 spiro atoms. The van der Waals surface area contributed by atoms with Crippen molar-refractivity contribution in [3.8, 4) is 0 Å². The lowest BCUT2D eigenvalue weighted by molar-refractivity contribution is -0.122. The molecule has 0 bridgehead atoms. The maximum atomic E-state index is 12.3. The highest BCUT2D eigenvalue weighted by Crippen LogP contribution is 2.18. The zero-order valence-electron chi connectivity index (χ0n) is 16.0. The maximum Gasteiger partial charge on any atom is 0.220 e. The van der Waals surface area contributed by atoms with Gasteiger partial charge in [-0.3, -0.25) is 4.79 Å². The summed E-state index contributed by atoms with van der Waals surface area (Å²) in [6, 6.07) is 14.8. The number of carbonyl (C=O) groups is 1. The Labute approximate surface area is 169 Å². The predicted octanol–water partition coefficient (Wildman–Crippen LogP) is 3.77. The number of aryl methyl sites for hydroxylation is 2. The molecule has 1 N–H and O–H groups in total. The van der Waals surface area contributed by atoms with E-state index in [1.165, 1.54) is 10.4 Å². The highest BCUT2D eigenvalue weighted by molar-refractivity contribution is 7.09. The highest BCUT2D eigenvalue weighted by Gasteiger charge is 2.21. The van der Waals surface area contributed by atoms with Gasteiger partial charge in [0, 0.05) is 36.7 Å². The van der Waals surface area contributed by atoms with Crippen LogP contribution in [-0.4, -0.2) is 26.7 Å². The summed E-state index contributed by atoms with van der Waals surface area (Å²) in [7, 11) is 0. The minimum absolute atomic E-state index is 0.170. The molecule has 0 fully saturated rings. The summed E-state index contributed by atoms with van der Waals surface area (Å²) >= 11 is 1.76. The molecule has 0 aliphatic carbocycles. The molecule has 1 aromatic carbocycles. The van der Waals surface area contributed by atoms with E-state index in [1.807, 2.05) is 6.07 Å². The molecule has 0 saturated heterocycles. The number of hydrogen-bond donors (Lipinski definition) is 1. The molecule has 146 valence electrons. The van der Waals surface area contributed by atoms with Gasteiger partial charge in [-0.05, 0) is 42.7 Å². The third-order valence-corrected chi connectivity index (χ3v) is 6.24. The first-order chi connectivity index (χ1) is 13.8. The van der Waals surface area contributed by atoms with E-state index in [1.54, 1.807) is 11.3 Å². The zero-order chi connectivity index (χ0) is 19.2. The zero-order valence-corrected chi connectivity index (χ0v) is 16.8. The van der Waals surface area contributed by atoms with Crippen LogP contribution in [0.3, 0.4) is 0 Å². The Hall–Kier alpha value is -2.47. The highest BCUT2D eigenvalue weighted by atomic mass is 32.1. The molecule has 6 heteroatoms. The molecular weight excluding hydrogens is 368 g/mol. The molecule has 3 heterocycles. The van der Waals surface area contributed by atoms with Gasteiger partial charge in [-0.15, -0.1) is 21.5 Å². The van der Waals surface area contributed by atoms with Crippen LogP contribution in [0.2, 0.25) is 0 Å². The summed E-state index contributed by atoms with van der Waals surface area (Å²) in [6.45, 7) is 0.866. The maximum absolute atomic E-state index is 12.3. The van der Waals surface area contributed by atoms with E-state index in [2.05, 4.69) is 61.9 Å². The van der Waals surface area contributed by atoms with Gasteiger partial charge in [0.05, 0.1) is 0 Å². The fraction of sp³-hybridized carbons (Fsp3) is 0.409. The van der Waals surface area contributed by atoms with Gasteiger partial charge in [0.15, 0.2) is 0 Å². The molecule has 3 aromatic rings. The number of carbonyl (C=O) groups excluding carboxylic acids is 1. The average molecular weight is 395 g/mol. The molecule has 4 rings (SSSR count). The standard InChI is InChI=1S/C22H26N4OS/c27-22(10-4-8-19-9-5-15-28-19)23-18-11-12-20-24-25-21(26(20)14-13-18)16-17-6-2-1-3-7-17/h1-3,5-7,9,15,18H,4,8,10-14,16H2,(H,23,27). The minimum atomic E-state index is 0.170. The average Bonchev–Trinajstić information content (AvgIpc) is 3.30. The minimum Gasteiger partial charge on any atom is -0.353 e. The topological polar surface area (TPSA) is 59.8 Å². The first kappa shape index (κ1) is 18.9. The number of nitrogens with one attached hydrogen (secondary N) is 1. The van der Waals surface area contributed by atoms with Gasteiger partial charge in [-0.25, -0.2) is 0 Å². The number of benzene rings is 1. The number of amides is 1. The number of nitrogens with zero attached hydrogens (tertiary/aromatic N) is 3. The summed E-state index contributed by atoms with van der Waals surface area (Å²) < 4.78 is 2.25. The Morgan fingerprint density at radius 1 is 1.14 bits per heavy atom. The summed E-state index contributed by atoms with van der Waals surface area (Å²) in [5.74, 6) is 2.23. The predicted molar refractivity (Wildman–Crippen MR) is 111 cm³/mol. The molecule has 1 atom stereocenters. The van der Waals surface area contributed by atoms with E-state index in [4.69, 9.17) is 0 Å². The molecule has 5 nitrogen and oxygen atoms in total. The van der Waals surface area contributed by atoms with Crippen LogP contribution in [0.15, 0.2) is 47.8 Å². The van der Waals surface area contributed by atoms with Crippen molar-refractivity contribution >= 4 is 17.2 Å². The number of thiophene rings is 1. The van der Waals surface area contributed by atoms with Crippen molar-refractivity contribution in [3.63, 3.8) is 0 Å². The van der Waals surface area contributed by atoms with Gasteiger partial charge >= 0.3 is 0 Å². The Kier molecular flexibility index (Phi) is 6.17. The lowest BCUT2D eigenvalue weighted by Crippen LogP contribution is -2.35. The van der Waals surface area contributed by atoms with E-state index in [0.717, 1.165) is 56.7 Å². The fourth-order valence-corrected chi connectivity index (χ4v) is 4.53. The van der Waals surface area contributed by atoms with Crippen LogP contribution < -0.4 is 5.32 Å². The van der Waals surface area contributed by atoms with Crippen molar-refractivity contribution in [2.45, 2.75) is 57.5 Å². The molecule has 2 aromatic heterocycles. The van der Waals surface area contributed by atoms with Crippen molar-refractivity contribution in [3.05, 3.63) is 69.9 Å². The Morgan fingerprint density at radius 3 is 2.86 bits per heavy atom. The second-order valence-electron chi connectivity index (χ2n) is 7.37. The lowest BCUT2D eigenvalue weighted by Gasteiger charge is -2.16. The number of fused-ring (bicyclic) bond motifs is 1. The van der Waals surface area contributed by atoms with Crippen LogP contribution in [0.4, 0.5) is 0 Å². The van der Waals surface area contributed by atoms with Crippen LogP contribution in [0.5, 0.6) is 0 Å².